The van der Waals surface area contributed by atoms with Crippen LogP contribution >= 0.6 is 0 Å². The SMILES string of the molecule is CC(C)c1nc(C(=O)N(CCC#N)C2CC2)n[nH]1. The van der Waals surface area contributed by atoms with Crippen molar-refractivity contribution in [2.75, 3.05) is 6.54 Å². The number of nitrogens with one attached hydrogen (secondary N) is 1. The highest BCUT2D eigenvalue weighted by molar-refractivity contribution is 5.90. The van der Waals surface area contributed by atoms with E-state index >= 15 is 0 Å². The molecule has 0 saturated heterocycles. The van der Waals surface area contributed by atoms with Gasteiger partial charge in [0.1, 0.15) is 5.82 Å². The van der Waals surface area contributed by atoms with Crippen LogP contribution in [0.4, 0.5) is 0 Å². The van der Waals surface area contributed by atoms with E-state index in [4.69, 9.17) is 5.26 Å². The maximum atomic E-state index is 12.2. The third-order valence-electron chi connectivity index (χ3n) is 2.95. The van der Waals surface area contributed by atoms with Crippen LogP contribution in [0.2, 0.25) is 0 Å². The molecule has 1 aromatic rings. The number of amides is 1. The van der Waals surface area contributed by atoms with Gasteiger partial charge in [-0.3, -0.25) is 9.89 Å². The van der Waals surface area contributed by atoms with Crippen LogP contribution in [0.15, 0.2) is 0 Å². The molecular weight excluding hydrogens is 230 g/mol. The van der Waals surface area contributed by atoms with Gasteiger partial charge >= 0.3 is 0 Å². The first-order chi connectivity index (χ1) is 8.63. The van der Waals surface area contributed by atoms with Gasteiger partial charge in [-0.2, -0.15) is 5.26 Å². The van der Waals surface area contributed by atoms with Crippen LogP contribution in [0.1, 0.15) is 55.5 Å². The Morgan fingerprint density at radius 3 is 2.83 bits per heavy atom. The van der Waals surface area contributed by atoms with E-state index in [0.29, 0.717) is 13.0 Å². The molecule has 1 amide bonds. The maximum Gasteiger partial charge on any atom is 0.293 e. The molecule has 1 saturated carbocycles. The Labute approximate surface area is 106 Å². The van der Waals surface area contributed by atoms with Gasteiger partial charge in [0.15, 0.2) is 0 Å². The number of aromatic amines is 1. The number of hydrogen-bond acceptors (Lipinski definition) is 4. The van der Waals surface area contributed by atoms with Gasteiger partial charge < -0.3 is 4.90 Å². The summed E-state index contributed by atoms with van der Waals surface area (Å²) in [5.41, 5.74) is 0. The van der Waals surface area contributed by atoms with Crippen molar-refractivity contribution in [2.45, 2.75) is 45.1 Å². The first-order valence-corrected chi connectivity index (χ1v) is 6.23. The summed E-state index contributed by atoms with van der Waals surface area (Å²) < 4.78 is 0. The summed E-state index contributed by atoms with van der Waals surface area (Å²) in [5, 5.41) is 15.4. The van der Waals surface area contributed by atoms with E-state index < -0.39 is 0 Å². The number of nitrogens with zero attached hydrogens (tertiary/aromatic N) is 4. The number of hydrogen-bond donors (Lipinski definition) is 1. The van der Waals surface area contributed by atoms with E-state index in [0.717, 1.165) is 18.7 Å². The van der Waals surface area contributed by atoms with Gasteiger partial charge in [0.25, 0.3) is 5.91 Å². The number of nitriles is 1. The van der Waals surface area contributed by atoms with E-state index in [1.807, 2.05) is 13.8 Å². The van der Waals surface area contributed by atoms with Crippen LogP contribution in [0.3, 0.4) is 0 Å². The number of rotatable bonds is 5. The Bertz CT molecular complexity index is 469. The molecule has 2 rings (SSSR count). The van der Waals surface area contributed by atoms with E-state index in [1.165, 1.54) is 0 Å². The second-order valence-electron chi connectivity index (χ2n) is 4.84. The normalized spacial score (nSPS) is 14.6. The molecule has 18 heavy (non-hydrogen) atoms. The van der Waals surface area contributed by atoms with Crippen molar-refractivity contribution in [3.63, 3.8) is 0 Å². The average Bonchev–Trinajstić information content (AvgIpc) is 3.05. The monoisotopic (exact) mass is 247 g/mol. The maximum absolute atomic E-state index is 12.2. The molecule has 0 bridgehead atoms. The highest BCUT2D eigenvalue weighted by atomic mass is 16.2. The summed E-state index contributed by atoms with van der Waals surface area (Å²) in [7, 11) is 0. The van der Waals surface area contributed by atoms with Gasteiger partial charge in [-0.05, 0) is 12.8 Å². The fourth-order valence-electron chi connectivity index (χ4n) is 1.76. The van der Waals surface area contributed by atoms with Crippen LogP contribution in [0.5, 0.6) is 0 Å². The zero-order valence-electron chi connectivity index (χ0n) is 10.7. The lowest BCUT2D eigenvalue weighted by molar-refractivity contribution is 0.0735. The number of H-pyrrole nitrogens is 1. The van der Waals surface area contributed by atoms with Crippen molar-refractivity contribution in [1.29, 1.82) is 5.26 Å². The lowest BCUT2D eigenvalue weighted by atomic mass is 10.2. The van der Waals surface area contributed by atoms with Crippen molar-refractivity contribution >= 4 is 5.91 Å². The molecule has 1 heterocycles. The second kappa shape index (κ2) is 5.17. The third-order valence-corrected chi connectivity index (χ3v) is 2.95. The van der Waals surface area contributed by atoms with Crippen molar-refractivity contribution in [3.8, 4) is 6.07 Å². The molecule has 96 valence electrons. The van der Waals surface area contributed by atoms with Crippen LogP contribution in [-0.4, -0.2) is 38.6 Å². The highest BCUT2D eigenvalue weighted by Crippen LogP contribution is 2.28. The van der Waals surface area contributed by atoms with E-state index in [9.17, 15) is 4.79 Å². The van der Waals surface area contributed by atoms with Crippen molar-refractivity contribution in [3.05, 3.63) is 11.6 Å². The van der Waals surface area contributed by atoms with Crippen LogP contribution in [-0.2, 0) is 0 Å². The van der Waals surface area contributed by atoms with Crippen LogP contribution in [0.25, 0.3) is 0 Å². The average molecular weight is 247 g/mol. The molecule has 0 radical (unpaired) electrons. The highest BCUT2D eigenvalue weighted by Gasteiger charge is 2.34. The van der Waals surface area contributed by atoms with Gasteiger partial charge in [0.2, 0.25) is 5.82 Å². The Kier molecular flexibility index (Phi) is 3.60. The summed E-state index contributed by atoms with van der Waals surface area (Å²) >= 11 is 0. The molecule has 1 fully saturated rings. The van der Waals surface area contributed by atoms with Gasteiger partial charge in [0.05, 0.1) is 12.5 Å². The number of aromatic nitrogens is 3. The Balaban J connectivity index is 2.09. The van der Waals surface area contributed by atoms with Crippen molar-refractivity contribution in [2.24, 2.45) is 0 Å². The quantitative estimate of drug-likeness (QED) is 0.853. The summed E-state index contributed by atoms with van der Waals surface area (Å²) in [5.74, 6) is 0.973. The molecule has 1 aromatic heterocycles. The van der Waals surface area contributed by atoms with Gasteiger partial charge in [-0.1, -0.05) is 13.8 Å². The number of carbonyl (C=O) groups excluding carboxylic acids is 1. The summed E-state index contributed by atoms with van der Waals surface area (Å²) in [6.45, 7) is 4.44. The first-order valence-electron chi connectivity index (χ1n) is 6.23. The van der Waals surface area contributed by atoms with Crippen LogP contribution in [0, 0.1) is 11.3 Å². The van der Waals surface area contributed by atoms with Gasteiger partial charge in [0, 0.05) is 18.5 Å². The molecule has 0 atom stereocenters. The predicted molar refractivity (Wildman–Crippen MR) is 64.8 cm³/mol. The summed E-state index contributed by atoms with van der Waals surface area (Å²) in [6, 6.07) is 2.34. The lowest BCUT2D eigenvalue weighted by Crippen LogP contribution is -2.34. The molecule has 1 aliphatic rings. The lowest BCUT2D eigenvalue weighted by Gasteiger charge is -2.19. The predicted octanol–water partition coefficient (Wildman–Crippen LogP) is 1.45. The third kappa shape index (κ3) is 2.67. The zero-order valence-corrected chi connectivity index (χ0v) is 10.7. The topological polar surface area (TPSA) is 85.7 Å². The molecule has 6 heteroatoms. The fraction of sp³-hybridized carbons (Fsp3) is 0.667. The minimum atomic E-state index is -0.170. The Morgan fingerprint density at radius 1 is 1.61 bits per heavy atom. The standard InChI is InChI=1S/C12H17N5O/c1-8(2)10-14-11(16-15-10)12(18)17(7-3-6-13)9-4-5-9/h8-9H,3-5,7H2,1-2H3,(H,14,15,16). The molecule has 1 aliphatic carbocycles. The van der Waals surface area contributed by atoms with Crippen LogP contribution < -0.4 is 0 Å². The minimum absolute atomic E-state index is 0.170. The Morgan fingerprint density at radius 2 is 2.33 bits per heavy atom. The zero-order chi connectivity index (χ0) is 13.1. The molecule has 1 N–H and O–H groups in total. The van der Waals surface area contributed by atoms with Gasteiger partial charge in [-0.15, -0.1) is 5.10 Å². The number of carbonyl (C=O) groups is 1. The molecule has 0 aromatic carbocycles. The smallest absolute Gasteiger partial charge is 0.293 e. The van der Waals surface area contributed by atoms with Crippen molar-refractivity contribution < 1.29 is 4.79 Å². The van der Waals surface area contributed by atoms with Gasteiger partial charge in [-0.25, -0.2) is 4.98 Å². The largest absolute Gasteiger partial charge is 0.332 e. The summed E-state index contributed by atoms with van der Waals surface area (Å²) in [4.78, 5) is 18.2. The molecule has 0 unspecified atom stereocenters. The second-order valence-corrected chi connectivity index (χ2v) is 4.84. The first kappa shape index (κ1) is 12.6. The molecule has 6 nitrogen and oxygen atoms in total. The Hall–Kier alpha value is -1.90. The molecular formula is C12H17N5O. The molecule has 0 spiro atoms. The van der Waals surface area contributed by atoms with E-state index in [-0.39, 0.29) is 23.7 Å². The van der Waals surface area contributed by atoms with Crippen molar-refractivity contribution in [1.82, 2.24) is 20.1 Å². The fourth-order valence-corrected chi connectivity index (χ4v) is 1.76. The minimum Gasteiger partial charge on any atom is -0.332 e. The molecule has 0 aliphatic heterocycles. The van der Waals surface area contributed by atoms with E-state index in [1.54, 1.807) is 4.90 Å². The van der Waals surface area contributed by atoms with E-state index in [2.05, 4.69) is 21.3 Å². The summed E-state index contributed by atoms with van der Waals surface area (Å²) in [6.07, 6.45) is 2.38.